The van der Waals surface area contributed by atoms with Gasteiger partial charge in [0.15, 0.2) is 17.3 Å². The van der Waals surface area contributed by atoms with Gasteiger partial charge in [-0.15, -0.1) is 5.10 Å². The zero-order valence-electron chi connectivity index (χ0n) is 25.4. The van der Waals surface area contributed by atoms with Gasteiger partial charge in [0, 0.05) is 42.9 Å². The molecule has 0 bridgehead atoms. The third-order valence-corrected chi connectivity index (χ3v) is 7.52. The molecule has 44 heavy (non-hydrogen) atoms. The smallest absolute Gasteiger partial charge is 0.230 e. The minimum absolute atomic E-state index is 0.494. The molecule has 0 unspecified atom stereocenters. The van der Waals surface area contributed by atoms with Crippen LogP contribution in [0.4, 0.5) is 11.9 Å². The van der Waals surface area contributed by atoms with E-state index in [1.807, 2.05) is 91.1 Å². The van der Waals surface area contributed by atoms with Crippen molar-refractivity contribution >= 4 is 11.9 Å². The van der Waals surface area contributed by atoms with E-state index in [1.54, 1.807) is 4.68 Å². The van der Waals surface area contributed by atoms with E-state index in [1.165, 1.54) is 0 Å². The molecule has 3 aromatic carbocycles. The van der Waals surface area contributed by atoms with Gasteiger partial charge < -0.3 is 14.2 Å². The molecule has 10 nitrogen and oxygen atoms in total. The molecule has 0 fully saturated rings. The third kappa shape index (κ3) is 5.78. The highest BCUT2D eigenvalue weighted by molar-refractivity contribution is 5.79. The van der Waals surface area contributed by atoms with Gasteiger partial charge in [0.05, 0.1) is 11.9 Å². The highest BCUT2D eigenvalue weighted by Crippen LogP contribution is 2.36. The molecule has 10 heteroatoms. The van der Waals surface area contributed by atoms with Crippen LogP contribution in [-0.4, -0.2) is 61.1 Å². The fourth-order valence-corrected chi connectivity index (χ4v) is 5.03. The Kier molecular flexibility index (Phi) is 8.40. The van der Waals surface area contributed by atoms with Crippen molar-refractivity contribution in [3.63, 3.8) is 0 Å². The van der Waals surface area contributed by atoms with Crippen LogP contribution in [0.5, 0.6) is 0 Å². The number of nitrogens with zero attached hydrogens (tertiary/aromatic N) is 9. The Hall–Kier alpha value is -5.38. The predicted octanol–water partition coefficient (Wildman–Crippen LogP) is 6.80. The summed E-state index contributed by atoms with van der Waals surface area (Å²) in [4.78, 5) is 23.4. The Morgan fingerprint density at radius 2 is 1.18 bits per heavy atom. The summed E-state index contributed by atoms with van der Waals surface area (Å²) in [5, 5.41) is 8.81. The first kappa shape index (κ1) is 28.7. The fraction of sp³-hybridized carbons (Fsp3) is 0.235. The molecule has 0 aliphatic carbocycles. The zero-order valence-corrected chi connectivity index (χ0v) is 25.4. The van der Waals surface area contributed by atoms with E-state index < -0.39 is 0 Å². The lowest BCUT2D eigenvalue weighted by Gasteiger charge is -2.23. The quantitative estimate of drug-likeness (QED) is 0.162. The second-order valence-corrected chi connectivity index (χ2v) is 10.1. The molecule has 0 spiro atoms. The van der Waals surface area contributed by atoms with Crippen molar-refractivity contribution in [1.29, 1.82) is 0 Å². The minimum atomic E-state index is 0.494. The van der Waals surface area contributed by atoms with Gasteiger partial charge in [0.25, 0.3) is 0 Å². The first-order valence-electron chi connectivity index (χ1n) is 15.0. The lowest BCUT2D eigenvalue weighted by atomic mass is 10.1. The van der Waals surface area contributed by atoms with Gasteiger partial charge in [-0.1, -0.05) is 65.9 Å². The van der Waals surface area contributed by atoms with Crippen molar-refractivity contribution in [2.24, 2.45) is 0 Å². The molecule has 0 amide bonds. The van der Waals surface area contributed by atoms with Crippen LogP contribution < -0.4 is 9.80 Å². The Labute approximate surface area is 257 Å². The van der Waals surface area contributed by atoms with E-state index >= 15 is 0 Å². The highest BCUT2D eigenvalue weighted by Gasteiger charge is 2.20. The van der Waals surface area contributed by atoms with E-state index in [-0.39, 0.29) is 0 Å². The summed E-state index contributed by atoms with van der Waals surface area (Å²) >= 11 is 0. The molecule has 6 rings (SSSR count). The summed E-state index contributed by atoms with van der Waals surface area (Å²) < 4.78 is 8.09. The highest BCUT2D eigenvalue weighted by atomic mass is 16.4. The molecule has 0 aliphatic heterocycles. The van der Waals surface area contributed by atoms with E-state index in [0.717, 1.165) is 60.0 Å². The van der Waals surface area contributed by atoms with Crippen molar-refractivity contribution in [3.8, 4) is 51.2 Å². The monoisotopic (exact) mass is 585 g/mol. The van der Waals surface area contributed by atoms with Gasteiger partial charge in [0.2, 0.25) is 17.8 Å². The average molecular weight is 586 g/mol. The minimum Gasteiger partial charge on any atom is -0.435 e. The maximum absolute atomic E-state index is 6.37. The molecule has 0 saturated carbocycles. The van der Waals surface area contributed by atoms with Crippen LogP contribution in [-0.2, 0) is 0 Å². The second kappa shape index (κ2) is 12.9. The summed E-state index contributed by atoms with van der Waals surface area (Å²) in [7, 11) is 0. The number of aromatic nitrogens is 7. The molecule has 0 aliphatic rings. The lowest BCUT2D eigenvalue weighted by Crippen LogP contribution is -2.28. The molecule has 3 heterocycles. The molecule has 0 radical (unpaired) electrons. The van der Waals surface area contributed by atoms with Crippen molar-refractivity contribution in [2.75, 3.05) is 36.0 Å². The molecule has 3 aromatic heterocycles. The SMILES string of the molecule is CCN(CC)c1nc(-c2cn(-c3ccc(-c4nc(-c5ccccc5)c(-c5ccccc5)o4)cc3)nn2)nc(N(CC)CC)n1. The van der Waals surface area contributed by atoms with Crippen LogP contribution in [0.15, 0.2) is 95.5 Å². The average Bonchev–Trinajstić information content (AvgIpc) is 3.76. The van der Waals surface area contributed by atoms with Crippen LogP contribution in [0.1, 0.15) is 27.7 Å². The van der Waals surface area contributed by atoms with Gasteiger partial charge in [0.1, 0.15) is 5.69 Å². The maximum Gasteiger partial charge on any atom is 0.230 e. The van der Waals surface area contributed by atoms with Gasteiger partial charge >= 0.3 is 0 Å². The summed E-state index contributed by atoms with van der Waals surface area (Å²) in [6, 6.07) is 28.0. The number of hydrogen-bond acceptors (Lipinski definition) is 9. The molecule has 0 atom stereocenters. The van der Waals surface area contributed by atoms with Crippen molar-refractivity contribution < 1.29 is 4.42 Å². The Morgan fingerprint density at radius 1 is 0.614 bits per heavy atom. The van der Waals surface area contributed by atoms with Gasteiger partial charge in [-0.05, 0) is 52.0 Å². The Bertz CT molecular complexity index is 1720. The number of benzene rings is 3. The molecular weight excluding hydrogens is 550 g/mol. The van der Waals surface area contributed by atoms with Gasteiger partial charge in [-0.25, -0.2) is 9.67 Å². The Balaban J connectivity index is 1.31. The summed E-state index contributed by atoms with van der Waals surface area (Å²) in [6.45, 7) is 11.5. The molecule has 222 valence electrons. The number of hydrogen-bond donors (Lipinski definition) is 0. The summed E-state index contributed by atoms with van der Waals surface area (Å²) in [5.41, 5.74) is 5.06. The van der Waals surface area contributed by atoms with Crippen LogP contribution >= 0.6 is 0 Å². The van der Waals surface area contributed by atoms with Gasteiger partial charge in [-0.3, -0.25) is 0 Å². The van der Waals surface area contributed by atoms with Crippen molar-refractivity contribution in [2.45, 2.75) is 27.7 Å². The Morgan fingerprint density at radius 3 is 1.75 bits per heavy atom. The van der Waals surface area contributed by atoms with E-state index in [0.29, 0.717) is 29.3 Å². The number of rotatable bonds is 11. The topological polar surface area (TPSA) is 102 Å². The molecular formula is C34H35N9O. The van der Waals surface area contributed by atoms with Crippen LogP contribution in [0.3, 0.4) is 0 Å². The van der Waals surface area contributed by atoms with E-state index in [4.69, 9.17) is 24.4 Å². The number of oxazole rings is 1. The molecule has 0 N–H and O–H groups in total. The lowest BCUT2D eigenvalue weighted by molar-refractivity contribution is 0.589. The zero-order chi connectivity index (χ0) is 30.5. The number of anilines is 2. The first-order valence-corrected chi connectivity index (χ1v) is 15.0. The molecule has 0 saturated heterocycles. The van der Waals surface area contributed by atoms with Gasteiger partial charge in [-0.2, -0.15) is 15.0 Å². The van der Waals surface area contributed by atoms with Crippen molar-refractivity contribution in [3.05, 3.63) is 91.1 Å². The van der Waals surface area contributed by atoms with E-state index in [2.05, 4.69) is 47.8 Å². The normalized spacial score (nSPS) is 11.1. The van der Waals surface area contributed by atoms with E-state index in [9.17, 15) is 0 Å². The third-order valence-electron chi connectivity index (χ3n) is 7.52. The maximum atomic E-state index is 6.37. The van der Waals surface area contributed by atoms with Crippen molar-refractivity contribution in [1.82, 2.24) is 34.9 Å². The van der Waals surface area contributed by atoms with Crippen LogP contribution in [0, 0.1) is 0 Å². The summed E-state index contributed by atoms with van der Waals surface area (Å²) in [6.07, 6.45) is 1.84. The largest absolute Gasteiger partial charge is 0.435 e. The predicted molar refractivity (Wildman–Crippen MR) is 174 cm³/mol. The standard InChI is InChI=1S/C34H35N9O/c1-5-41(6-2)33-36-31(37-34(38-33)42(7-3)8-4)28-23-43(40-39-28)27-21-19-26(20-22-27)32-35-29(24-15-11-9-12-16-24)30(44-32)25-17-13-10-14-18-25/h9-23H,5-8H2,1-4H3. The van der Waals surface area contributed by atoms with Crippen LogP contribution in [0.25, 0.3) is 51.2 Å². The molecule has 6 aromatic rings. The first-order chi connectivity index (χ1) is 21.6. The second-order valence-electron chi connectivity index (χ2n) is 10.1. The summed E-state index contributed by atoms with van der Waals surface area (Å²) in [5.74, 6) is 3.05. The fourth-order valence-electron chi connectivity index (χ4n) is 5.03. The van der Waals surface area contributed by atoms with Crippen LogP contribution in [0.2, 0.25) is 0 Å².